The van der Waals surface area contributed by atoms with Gasteiger partial charge in [-0.15, -0.1) is 0 Å². The van der Waals surface area contributed by atoms with Gasteiger partial charge in [-0.3, -0.25) is 0 Å². The lowest BCUT2D eigenvalue weighted by Gasteiger charge is -2.06. The third-order valence-corrected chi connectivity index (χ3v) is 3.72. The lowest BCUT2D eigenvalue weighted by molar-refractivity contribution is 0.571. The van der Waals surface area contributed by atoms with Gasteiger partial charge < -0.3 is 4.98 Å². The summed E-state index contributed by atoms with van der Waals surface area (Å²) >= 11 is 0. The summed E-state index contributed by atoms with van der Waals surface area (Å²) in [6.07, 6.45) is 2.38. The molecule has 2 N–H and O–H groups in total. The molecule has 0 saturated carbocycles. The highest BCUT2D eigenvalue weighted by atomic mass is 32.2. The van der Waals surface area contributed by atoms with Gasteiger partial charge in [-0.25, -0.2) is 22.5 Å². The zero-order chi connectivity index (χ0) is 13.9. The molecule has 0 aliphatic carbocycles. The van der Waals surface area contributed by atoms with Gasteiger partial charge in [0.05, 0.1) is 24.2 Å². The maximum Gasteiger partial charge on any atom is 0.257 e. The third kappa shape index (κ3) is 2.96. The van der Waals surface area contributed by atoms with E-state index in [0.29, 0.717) is 0 Å². The van der Waals surface area contributed by atoms with Crippen LogP contribution in [0.25, 0.3) is 0 Å². The van der Waals surface area contributed by atoms with E-state index in [4.69, 9.17) is 5.26 Å². The van der Waals surface area contributed by atoms with Crippen LogP contribution >= 0.6 is 0 Å². The molecule has 0 aliphatic heterocycles. The van der Waals surface area contributed by atoms with Gasteiger partial charge in [0, 0.05) is 12.1 Å². The summed E-state index contributed by atoms with van der Waals surface area (Å²) < 4.78 is 39.3. The number of rotatable bonds is 4. The van der Waals surface area contributed by atoms with Crippen LogP contribution in [0.4, 0.5) is 4.39 Å². The number of nitriles is 1. The van der Waals surface area contributed by atoms with E-state index in [1.54, 1.807) is 6.07 Å². The average molecular weight is 280 g/mol. The molecule has 0 bridgehead atoms. The van der Waals surface area contributed by atoms with Crippen molar-refractivity contribution >= 4 is 10.0 Å². The first-order valence-corrected chi connectivity index (χ1v) is 6.68. The molecule has 1 aromatic carbocycles. The van der Waals surface area contributed by atoms with Crippen LogP contribution < -0.4 is 4.72 Å². The van der Waals surface area contributed by atoms with Gasteiger partial charge in [0.15, 0.2) is 5.03 Å². The number of H-pyrrole nitrogens is 1. The quantitative estimate of drug-likeness (QED) is 0.869. The zero-order valence-electron chi connectivity index (χ0n) is 9.59. The fraction of sp³-hybridized carbons (Fsp3) is 0.0909. The summed E-state index contributed by atoms with van der Waals surface area (Å²) in [5.74, 6) is -0.633. The Balaban J connectivity index is 2.14. The summed E-state index contributed by atoms with van der Waals surface area (Å²) in [7, 11) is -3.75. The van der Waals surface area contributed by atoms with Gasteiger partial charge in [-0.2, -0.15) is 5.26 Å². The number of sulfonamides is 1. The van der Waals surface area contributed by atoms with E-state index in [1.807, 2.05) is 0 Å². The van der Waals surface area contributed by atoms with Crippen LogP contribution in [0.2, 0.25) is 0 Å². The Morgan fingerprint density at radius 1 is 1.47 bits per heavy atom. The Bertz CT molecular complexity index is 720. The molecule has 0 radical (unpaired) electrons. The normalized spacial score (nSPS) is 11.2. The Labute approximate surface area is 109 Å². The van der Waals surface area contributed by atoms with Crippen molar-refractivity contribution in [2.24, 2.45) is 0 Å². The summed E-state index contributed by atoms with van der Waals surface area (Å²) in [5.41, 5.74) is 0.333. The lowest BCUT2D eigenvalue weighted by Crippen LogP contribution is -2.24. The minimum absolute atomic E-state index is 0.0958. The molecule has 1 aromatic heterocycles. The second kappa shape index (κ2) is 5.17. The second-order valence-corrected chi connectivity index (χ2v) is 5.39. The fourth-order valence-electron chi connectivity index (χ4n) is 1.40. The van der Waals surface area contributed by atoms with Gasteiger partial charge in [-0.05, 0) is 12.1 Å². The molecule has 2 aromatic rings. The standard InChI is InChI=1S/C11H9FN4O2S/c12-10-3-8(4-13)1-2-9(10)5-16-19(17,18)11-6-14-7-15-11/h1-3,6-7,16H,5H2,(H,14,15). The molecule has 0 unspecified atom stereocenters. The molecule has 0 amide bonds. The first kappa shape index (κ1) is 13.2. The molecular formula is C11H9FN4O2S. The molecule has 1 heterocycles. The molecule has 0 aliphatic rings. The van der Waals surface area contributed by atoms with Crippen LogP contribution in [0.3, 0.4) is 0 Å². The largest absolute Gasteiger partial charge is 0.335 e. The number of benzene rings is 1. The Morgan fingerprint density at radius 3 is 2.84 bits per heavy atom. The highest BCUT2D eigenvalue weighted by molar-refractivity contribution is 7.89. The van der Waals surface area contributed by atoms with Gasteiger partial charge in [0.2, 0.25) is 0 Å². The summed E-state index contributed by atoms with van der Waals surface area (Å²) in [4.78, 5) is 6.05. The van der Waals surface area contributed by atoms with Gasteiger partial charge in [-0.1, -0.05) is 6.07 Å². The number of hydrogen-bond donors (Lipinski definition) is 2. The number of aromatic nitrogens is 2. The van der Waals surface area contributed by atoms with Crippen molar-refractivity contribution in [2.75, 3.05) is 0 Å². The number of imidazole rings is 1. The number of halogens is 1. The predicted octanol–water partition coefficient (Wildman–Crippen LogP) is 0.899. The van der Waals surface area contributed by atoms with Crippen LogP contribution in [0.1, 0.15) is 11.1 Å². The molecule has 19 heavy (non-hydrogen) atoms. The lowest BCUT2D eigenvalue weighted by atomic mass is 10.1. The van der Waals surface area contributed by atoms with E-state index >= 15 is 0 Å². The average Bonchev–Trinajstić information content (AvgIpc) is 2.92. The predicted molar refractivity (Wildman–Crippen MR) is 63.7 cm³/mol. The number of nitrogens with zero attached hydrogens (tertiary/aromatic N) is 2. The van der Waals surface area contributed by atoms with Crippen molar-refractivity contribution in [2.45, 2.75) is 11.6 Å². The van der Waals surface area contributed by atoms with E-state index in [0.717, 1.165) is 12.3 Å². The van der Waals surface area contributed by atoms with Crippen LogP contribution in [0, 0.1) is 17.1 Å². The number of hydrogen-bond acceptors (Lipinski definition) is 4. The van der Waals surface area contributed by atoms with Crippen molar-refractivity contribution in [3.63, 3.8) is 0 Å². The van der Waals surface area contributed by atoms with E-state index in [2.05, 4.69) is 14.7 Å². The maximum absolute atomic E-state index is 13.5. The molecule has 98 valence electrons. The van der Waals surface area contributed by atoms with Crippen molar-refractivity contribution in [3.05, 3.63) is 47.7 Å². The van der Waals surface area contributed by atoms with Gasteiger partial charge in [0.1, 0.15) is 5.82 Å². The molecule has 0 atom stereocenters. The Hall–Kier alpha value is -2.24. The first-order chi connectivity index (χ1) is 9.03. The monoisotopic (exact) mass is 280 g/mol. The smallest absolute Gasteiger partial charge is 0.257 e. The van der Waals surface area contributed by atoms with Gasteiger partial charge in [0.25, 0.3) is 10.0 Å². The molecule has 8 heteroatoms. The topological polar surface area (TPSA) is 98.6 Å². The Morgan fingerprint density at radius 2 is 2.26 bits per heavy atom. The van der Waals surface area contributed by atoms with Crippen molar-refractivity contribution in [3.8, 4) is 6.07 Å². The zero-order valence-corrected chi connectivity index (χ0v) is 10.4. The minimum atomic E-state index is -3.75. The van der Waals surface area contributed by atoms with Crippen molar-refractivity contribution < 1.29 is 12.8 Å². The van der Waals surface area contributed by atoms with Crippen molar-refractivity contribution in [1.82, 2.24) is 14.7 Å². The van der Waals surface area contributed by atoms with Crippen molar-refractivity contribution in [1.29, 1.82) is 5.26 Å². The Kier molecular flexibility index (Phi) is 3.59. The molecule has 0 fully saturated rings. The third-order valence-electron chi connectivity index (χ3n) is 2.40. The fourth-order valence-corrected chi connectivity index (χ4v) is 2.31. The first-order valence-electron chi connectivity index (χ1n) is 5.19. The molecule has 6 nitrogen and oxygen atoms in total. The second-order valence-electron chi connectivity index (χ2n) is 3.66. The molecule has 2 rings (SSSR count). The SMILES string of the molecule is N#Cc1ccc(CNS(=O)(=O)c2cnc[nH]2)c(F)c1. The maximum atomic E-state index is 13.5. The van der Waals surface area contributed by atoms with E-state index < -0.39 is 15.8 Å². The van der Waals surface area contributed by atoms with Crippen LogP contribution in [0.15, 0.2) is 35.7 Å². The van der Waals surface area contributed by atoms with E-state index in [-0.39, 0.29) is 22.7 Å². The summed E-state index contributed by atoms with van der Waals surface area (Å²) in [5, 5.41) is 8.50. The summed E-state index contributed by atoms with van der Waals surface area (Å²) in [6, 6.07) is 5.64. The van der Waals surface area contributed by atoms with E-state index in [9.17, 15) is 12.8 Å². The molecular weight excluding hydrogens is 271 g/mol. The molecule has 0 saturated heterocycles. The minimum Gasteiger partial charge on any atom is -0.335 e. The van der Waals surface area contributed by atoms with Gasteiger partial charge >= 0.3 is 0 Å². The van der Waals surface area contributed by atoms with E-state index in [1.165, 1.54) is 18.5 Å². The number of aromatic amines is 1. The highest BCUT2D eigenvalue weighted by Gasteiger charge is 2.15. The summed E-state index contributed by atoms with van der Waals surface area (Å²) in [6.45, 7) is -0.209. The van der Waals surface area contributed by atoms with Crippen LogP contribution in [-0.4, -0.2) is 18.4 Å². The number of nitrogens with one attached hydrogen (secondary N) is 2. The molecule has 0 spiro atoms. The highest BCUT2D eigenvalue weighted by Crippen LogP contribution is 2.11. The van der Waals surface area contributed by atoms with Crippen LogP contribution in [-0.2, 0) is 16.6 Å². The van der Waals surface area contributed by atoms with Crippen LogP contribution in [0.5, 0.6) is 0 Å².